The van der Waals surface area contributed by atoms with Gasteiger partial charge in [0, 0.05) is 31.7 Å². The first-order chi connectivity index (χ1) is 11.7. The Bertz CT molecular complexity index is 710. The highest BCUT2D eigenvalue weighted by molar-refractivity contribution is 6.03. The number of nitrogens with one attached hydrogen (secondary N) is 1. The Morgan fingerprint density at radius 3 is 2.38 bits per heavy atom. The number of aromatic nitrogens is 1. The molecular weight excluding hydrogens is 311 g/mol. The number of amides is 2. The normalized spacial score (nSPS) is 14.4. The summed E-state index contributed by atoms with van der Waals surface area (Å²) in [6, 6.07) is 8.93. The molecule has 124 valence electrons. The number of halogens is 1. The van der Waals surface area contributed by atoms with E-state index in [1.54, 1.807) is 17.2 Å². The zero-order valence-corrected chi connectivity index (χ0v) is 13.0. The lowest BCUT2D eigenvalue weighted by atomic mass is 10.2. The molecule has 1 aliphatic rings. The van der Waals surface area contributed by atoms with Crippen molar-refractivity contribution in [3.05, 3.63) is 54.0 Å². The number of benzene rings is 1. The highest BCUT2D eigenvalue weighted by Crippen LogP contribution is 2.17. The molecule has 2 aromatic rings. The molecule has 0 saturated carbocycles. The van der Waals surface area contributed by atoms with Gasteiger partial charge in [-0.05, 0) is 36.4 Å². The van der Waals surface area contributed by atoms with Gasteiger partial charge in [0.15, 0.2) is 0 Å². The van der Waals surface area contributed by atoms with E-state index in [1.807, 2.05) is 6.07 Å². The molecule has 2 heterocycles. The van der Waals surface area contributed by atoms with Gasteiger partial charge in [0.25, 0.3) is 5.91 Å². The highest BCUT2D eigenvalue weighted by atomic mass is 19.1. The van der Waals surface area contributed by atoms with E-state index < -0.39 is 0 Å². The molecule has 1 N–H and O–H groups in total. The van der Waals surface area contributed by atoms with Gasteiger partial charge in [0.05, 0.1) is 11.9 Å². The minimum Gasteiger partial charge on any atom is -0.367 e. The van der Waals surface area contributed by atoms with Crippen LogP contribution in [0.5, 0.6) is 0 Å². The molecule has 1 aliphatic heterocycles. The van der Waals surface area contributed by atoms with Gasteiger partial charge >= 0.3 is 0 Å². The lowest BCUT2D eigenvalue weighted by Crippen LogP contribution is -2.45. The van der Waals surface area contributed by atoms with Crippen LogP contribution in [0.25, 0.3) is 0 Å². The number of hydrogen-bond donors (Lipinski definition) is 1. The maximum Gasteiger partial charge on any atom is 0.256 e. The van der Waals surface area contributed by atoms with E-state index in [4.69, 9.17) is 0 Å². The standard InChI is InChI=1S/C17H17FN4O2/c18-14-3-1-13(2-4-14)17(24)20-16-6-5-15(11-19-16)22-9-7-21(12-23)8-10-22/h1-6,11-12H,7-10H2,(H,19,20,24). The van der Waals surface area contributed by atoms with Crippen LogP contribution in [-0.4, -0.2) is 48.4 Å². The van der Waals surface area contributed by atoms with E-state index in [9.17, 15) is 14.0 Å². The summed E-state index contributed by atoms with van der Waals surface area (Å²) >= 11 is 0. The largest absolute Gasteiger partial charge is 0.367 e. The molecule has 1 aromatic heterocycles. The fourth-order valence-corrected chi connectivity index (χ4v) is 2.52. The molecule has 3 rings (SSSR count). The first-order valence-electron chi connectivity index (χ1n) is 7.63. The first kappa shape index (κ1) is 15.9. The third-order valence-corrected chi connectivity index (χ3v) is 3.92. The van der Waals surface area contributed by atoms with Crippen molar-refractivity contribution in [2.75, 3.05) is 36.4 Å². The van der Waals surface area contributed by atoms with Crippen LogP contribution in [0.3, 0.4) is 0 Å². The summed E-state index contributed by atoms with van der Waals surface area (Å²) in [7, 11) is 0. The van der Waals surface area contributed by atoms with Crippen LogP contribution < -0.4 is 10.2 Å². The summed E-state index contributed by atoms with van der Waals surface area (Å²) in [5.41, 5.74) is 1.31. The predicted octanol–water partition coefficient (Wildman–Crippen LogP) is 1.75. The summed E-state index contributed by atoms with van der Waals surface area (Å²) < 4.78 is 12.9. The molecule has 0 aliphatic carbocycles. The van der Waals surface area contributed by atoms with Crippen molar-refractivity contribution in [2.45, 2.75) is 0 Å². The number of pyridine rings is 1. The zero-order chi connectivity index (χ0) is 16.9. The minimum atomic E-state index is -0.385. The van der Waals surface area contributed by atoms with Crippen molar-refractivity contribution >= 4 is 23.8 Å². The number of anilines is 2. The Hall–Kier alpha value is -2.96. The van der Waals surface area contributed by atoms with Gasteiger partial charge in [-0.25, -0.2) is 9.37 Å². The Kier molecular flexibility index (Phi) is 4.69. The first-order valence-corrected chi connectivity index (χ1v) is 7.63. The number of piperazine rings is 1. The Morgan fingerprint density at radius 2 is 1.79 bits per heavy atom. The lowest BCUT2D eigenvalue weighted by molar-refractivity contribution is -0.118. The van der Waals surface area contributed by atoms with Gasteiger partial charge in [0.1, 0.15) is 11.6 Å². The van der Waals surface area contributed by atoms with Crippen molar-refractivity contribution in [1.82, 2.24) is 9.88 Å². The zero-order valence-electron chi connectivity index (χ0n) is 13.0. The quantitative estimate of drug-likeness (QED) is 0.869. The molecule has 1 fully saturated rings. The van der Waals surface area contributed by atoms with Gasteiger partial charge in [-0.1, -0.05) is 0 Å². The fraction of sp³-hybridized carbons (Fsp3) is 0.235. The van der Waals surface area contributed by atoms with Gasteiger partial charge in [0.2, 0.25) is 6.41 Å². The Morgan fingerprint density at radius 1 is 1.08 bits per heavy atom. The second-order valence-corrected chi connectivity index (χ2v) is 5.49. The van der Waals surface area contributed by atoms with Crippen LogP contribution in [0.2, 0.25) is 0 Å². The number of carbonyl (C=O) groups excluding carboxylic acids is 2. The van der Waals surface area contributed by atoms with Crippen molar-refractivity contribution < 1.29 is 14.0 Å². The molecule has 0 radical (unpaired) electrons. The molecule has 6 nitrogen and oxygen atoms in total. The predicted molar refractivity (Wildman–Crippen MR) is 88.4 cm³/mol. The SMILES string of the molecule is O=CN1CCN(c2ccc(NC(=O)c3ccc(F)cc3)nc2)CC1. The molecule has 24 heavy (non-hydrogen) atoms. The maximum atomic E-state index is 12.9. The monoisotopic (exact) mass is 328 g/mol. The Labute approximate surface area is 138 Å². The van der Waals surface area contributed by atoms with Gasteiger partial charge in [-0.15, -0.1) is 0 Å². The molecule has 1 saturated heterocycles. The summed E-state index contributed by atoms with van der Waals surface area (Å²) in [5.74, 6) is -0.293. The van der Waals surface area contributed by atoms with E-state index in [0.717, 1.165) is 25.2 Å². The average Bonchev–Trinajstić information content (AvgIpc) is 2.63. The lowest BCUT2D eigenvalue weighted by Gasteiger charge is -2.33. The number of nitrogens with zero attached hydrogens (tertiary/aromatic N) is 3. The number of carbonyl (C=O) groups is 2. The maximum absolute atomic E-state index is 12.9. The molecule has 2 amide bonds. The number of hydrogen-bond acceptors (Lipinski definition) is 4. The average molecular weight is 328 g/mol. The second kappa shape index (κ2) is 7.08. The topological polar surface area (TPSA) is 65.5 Å². The van der Waals surface area contributed by atoms with E-state index in [2.05, 4.69) is 15.2 Å². The van der Waals surface area contributed by atoms with E-state index in [0.29, 0.717) is 24.5 Å². The van der Waals surface area contributed by atoms with E-state index in [-0.39, 0.29) is 11.7 Å². The van der Waals surface area contributed by atoms with E-state index >= 15 is 0 Å². The van der Waals surface area contributed by atoms with Crippen LogP contribution in [0.15, 0.2) is 42.6 Å². The smallest absolute Gasteiger partial charge is 0.256 e. The summed E-state index contributed by atoms with van der Waals surface area (Å²) in [6.07, 6.45) is 2.56. The number of rotatable bonds is 4. The van der Waals surface area contributed by atoms with Crippen LogP contribution in [0.1, 0.15) is 10.4 Å². The summed E-state index contributed by atoms with van der Waals surface area (Å²) in [6.45, 7) is 2.88. The molecule has 0 spiro atoms. The highest BCUT2D eigenvalue weighted by Gasteiger charge is 2.16. The second-order valence-electron chi connectivity index (χ2n) is 5.49. The third kappa shape index (κ3) is 3.68. The molecular formula is C17H17FN4O2. The molecule has 7 heteroatoms. The summed E-state index contributed by atoms with van der Waals surface area (Å²) in [5, 5.41) is 2.68. The van der Waals surface area contributed by atoms with E-state index in [1.165, 1.54) is 24.3 Å². The van der Waals surface area contributed by atoms with Crippen molar-refractivity contribution in [1.29, 1.82) is 0 Å². The van der Waals surface area contributed by atoms with Gasteiger partial charge < -0.3 is 15.1 Å². The molecule has 0 unspecified atom stereocenters. The van der Waals surface area contributed by atoms with Crippen molar-refractivity contribution in [2.24, 2.45) is 0 Å². The van der Waals surface area contributed by atoms with Crippen LogP contribution >= 0.6 is 0 Å². The third-order valence-electron chi connectivity index (χ3n) is 3.92. The van der Waals surface area contributed by atoms with Crippen molar-refractivity contribution in [3.63, 3.8) is 0 Å². The summed E-state index contributed by atoms with van der Waals surface area (Å²) in [4.78, 5) is 30.9. The fourth-order valence-electron chi connectivity index (χ4n) is 2.52. The van der Waals surface area contributed by atoms with Crippen LogP contribution in [0, 0.1) is 5.82 Å². The van der Waals surface area contributed by atoms with Crippen LogP contribution in [0.4, 0.5) is 15.9 Å². The molecule has 0 atom stereocenters. The minimum absolute atomic E-state index is 0.338. The molecule has 1 aromatic carbocycles. The van der Waals surface area contributed by atoms with Crippen molar-refractivity contribution in [3.8, 4) is 0 Å². The van der Waals surface area contributed by atoms with Gasteiger partial charge in [-0.2, -0.15) is 0 Å². The molecule has 0 bridgehead atoms. The Balaban J connectivity index is 1.61. The van der Waals surface area contributed by atoms with Crippen LogP contribution in [-0.2, 0) is 4.79 Å². The van der Waals surface area contributed by atoms with Gasteiger partial charge in [-0.3, -0.25) is 9.59 Å².